The molecular weight excluding hydrogens is 292 g/mol. The fourth-order valence-electron chi connectivity index (χ4n) is 2.43. The van der Waals surface area contributed by atoms with E-state index in [1.165, 1.54) is 12.5 Å². The van der Waals surface area contributed by atoms with Crippen LogP contribution in [0.3, 0.4) is 0 Å². The van der Waals surface area contributed by atoms with Crippen LogP contribution in [-0.2, 0) is 14.0 Å². The maximum atomic E-state index is 10.9. The number of esters is 1. The Balaban J connectivity index is 2.84. The first-order chi connectivity index (χ1) is 9.94. The molecule has 0 saturated heterocycles. The van der Waals surface area contributed by atoms with Gasteiger partial charge in [0.1, 0.15) is 6.61 Å². The van der Waals surface area contributed by atoms with E-state index in [0.717, 1.165) is 18.4 Å². The summed E-state index contributed by atoms with van der Waals surface area (Å²) in [7, 11) is -1.82. The van der Waals surface area contributed by atoms with Crippen LogP contribution in [0.2, 0.25) is 18.1 Å². The van der Waals surface area contributed by atoms with Gasteiger partial charge in [-0.3, -0.25) is 4.79 Å². The summed E-state index contributed by atoms with van der Waals surface area (Å²) in [6.45, 7) is 19.6. The number of ether oxygens (including phenoxy) is 1. The van der Waals surface area contributed by atoms with E-state index in [-0.39, 0.29) is 17.1 Å². The Hall–Kier alpha value is -0.873. The Morgan fingerprint density at radius 3 is 2.50 bits per heavy atom. The van der Waals surface area contributed by atoms with Crippen LogP contribution < -0.4 is 0 Å². The van der Waals surface area contributed by atoms with Crippen LogP contribution in [0, 0.1) is 5.92 Å². The van der Waals surface area contributed by atoms with Crippen molar-refractivity contribution in [1.29, 1.82) is 0 Å². The van der Waals surface area contributed by atoms with Gasteiger partial charge < -0.3 is 9.16 Å². The zero-order valence-corrected chi connectivity index (χ0v) is 16.3. The van der Waals surface area contributed by atoms with E-state index >= 15 is 0 Å². The molecule has 0 amide bonds. The quantitative estimate of drug-likeness (QED) is 0.547. The summed E-state index contributed by atoms with van der Waals surface area (Å²) in [4.78, 5) is 10.9. The lowest BCUT2D eigenvalue weighted by Crippen LogP contribution is -2.45. The monoisotopic (exact) mass is 324 g/mol. The Morgan fingerprint density at radius 1 is 1.41 bits per heavy atom. The molecule has 1 aliphatic carbocycles. The van der Waals surface area contributed by atoms with Crippen LogP contribution in [0.1, 0.15) is 47.5 Å². The molecule has 0 N–H and O–H groups in total. The molecule has 1 aliphatic rings. The van der Waals surface area contributed by atoms with E-state index in [2.05, 4.69) is 47.4 Å². The molecule has 0 heterocycles. The lowest BCUT2D eigenvalue weighted by Gasteiger charge is -2.42. The number of carbonyl (C=O) groups excluding carboxylic acids is 1. The smallest absolute Gasteiger partial charge is 0.302 e. The summed E-state index contributed by atoms with van der Waals surface area (Å²) in [6, 6.07) is 0. The molecule has 0 radical (unpaired) electrons. The molecule has 22 heavy (non-hydrogen) atoms. The van der Waals surface area contributed by atoms with Gasteiger partial charge >= 0.3 is 5.97 Å². The summed E-state index contributed by atoms with van der Waals surface area (Å²) in [5.41, 5.74) is 2.25. The lowest BCUT2D eigenvalue weighted by molar-refractivity contribution is -0.139. The largest absolute Gasteiger partial charge is 0.462 e. The molecule has 1 saturated carbocycles. The first-order valence-electron chi connectivity index (χ1n) is 8.13. The Kier molecular flexibility index (Phi) is 6.22. The third kappa shape index (κ3) is 5.09. The second-order valence-electron chi connectivity index (χ2n) is 7.97. The maximum Gasteiger partial charge on any atom is 0.302 e. The van der Waals surface area contributed by atoms with Crippen LogP contribution in [-0.4, -0.2) is 27.0 Å². The van der Waals surface area contributed by atoms with Crippen molar-refractivity contribution in [3.05, 3.63) is 23.8 Å². The summed E-state index contributed by atoms with van der Waals surface area (Å²) in [5.74, 6) is 0.309. The average molecular weight is 325 g/mol. The molecular formula is C18H32O3Si. The minimum absolute atomic E-state index is 0.0909. The van der Waals surface area contributed by atoms with Gasteiger partial charge in [0.05, 0.1) is 6.10 Å². The van der Waals surface area contributed by atoms with E-state index in [9.17, 15) is 4.79 Å². The topological polar surface area (TPSA) is 35.5 Å². The second kappa shape index (κ2) is 7.13. The molecule has 0 bridgehead atoms. The van der Waals surface area contributed by atoms with Crippen molar-refractivity contribution < 1.29 is 14.0 Å². The van der Waals surface area contributed by atoms with E-state index < -0.39 is 8.32 Å². The molecule has 1 rings (SSSR count). The fourth-order valence-corrected chi connectivity index (χ4v) is 3.73. The number of carbonyl (C=O) groups is 1. The molecule has 0 spiro atoms. The van der Waals surface area contributed by atoms with Gasteiger partial charge in [0, 0.05) is 6.92 Å². The first kappa shape index (κ1) is 19.2. The van der Waals surface area contributed by atoms with Crippen molar-refractivity contribution in [3.8, 4) is 0 Å². The standard InChI is InChI=1S/C18H32O3Si/c1-13-11-16(9-10-20-15(3)19)14(2)17(12-13)21-22(7,8)18(4,5)6/h9,13,17H,2,10-12H2,1,3-8H3/b16-9+/t13-,17?/m0/s1. The van der Waals surface area contributed by atoms with Gasteiger partial charge in [-0.15, -0.1) is 0 Å². The Bertz CT molecular complexity index is 457. The highest BCUT2D eigenvalue weighted by molar-refractivity contribution is 6.74. The van der Waals surface area contributed by atoms with Crippen molar-refractivity contribution in [1.82, 2.24) is 0 Å². The fraction of sp³-hybridized carbons (Fsp3) is 0.722. The minimum atomic E-state index is -1.82. The van der Waals surface area contributed by atoms with Crippen molar-refractivity contribution >= 4 is 14.3 Å². The van der Waals surface area contributed by atoms with Crippen molar-refractivity contribution in [2.45, 2.75) is 71.7 Å². The van der Waals surface area contributed by atoms with Crippen molar-refractivity contribution in [2.24, 2.45) is 5.92 Å². The number of rotatable bonds is 4. The van der Waals surface area contributed by atoms with Gasteiger partial charge in [-0.2, -0.15) is 0 Å². The highest BCUT2D eigenvalue weighted by atomic mass is 28.4. The summed E-state index contributed by atoms with van der Waals surface area (Å²) in [5, 5.41) is 0.190. The molecule has 0 aliphatic heterocycles. The second-order valence-corrected chi connectivity index (χ2v) is 12.7. The highest BCUT2D eigenvalue weighted by Gasteiger charge is 2.41. The normalized spacial score (nSPS) is 25.4. The highest BCUT2D eigenvalue weighted by Crippen LogP contribution is 2.41. The van der Waals surface area contributed by atoms with Gasteiger partial charge in [0.15, 0.2) is 8.32 Å². The lowest BCUT2D eigenvalue weighted by atomic mass is 9.81. The molecule has 1 unspecified atom stereocenters. The van der Waals surface area contributed by atoms with Crippen LogP contribution >= 0.6 is 0 Å². The zero-order chi connectivity index (χ0) is 17.1. The van der Waals surface area contributed by atoms with E-state index in [0.29, 0.717) is 12.5 Å². The molecule has 1 fully saturated rings. The Morgan fingerprint density at radius 2 is 2.00 bits per heavy atom. The predicted molar refractivity (Wildman–Crippen MR) is 94.3 cm³/mol. The molecule has 2 atom stereocenters. The molecule has 0 aromatic heterocycles. The molecule has 3 nitrogen and oxygen atoms in total. The van der Waals surface area contributed by atoms with Crippen LogP contribution in [0.4, 0.5) is 0 Å². The van der Waals surface area contributed by atoms with Crippen molar-refractivity contribution in [2.75, 3.05) is 6.61 Å². The van der Waals surface area contributed by atoms with E-state index in [1.807, 2.05) is 6.08 Å². The van der Waals surface area contributed by atoms with Gasteiger partial charge in [0.25, 0.3) is 0 Å². The van der Waals surface area contributed by atoms with Crippen LogP contribution in [0.5, 0.6) is 0 Å². The average Bonchev–Trinajstić information content (AvgIpc) is 2.32. The summed E-state index contributed by atoms with van der Waals surface area (Å²) >= 11 is 0. The molecule has 0 aromatic carbocycles. The first-order valence-corrected chi connectivity index (χ1v) is 11.0. The summed E-state index contributed by atoms with van der Waals surface area (Å²) in [6.07, 6.45) is 4.09. The van der Waals surface area contributed by atoms with Crippen LogP contribution in [0.15, 0.2) is 23.8 Å². The predicted octanol–water partition coefficient (Wildman–Crippen LogP) is 4.85. The Labute approximate surface area is 136 Å². The van der Waals surface area contributed by atoms with Gasteiger partial charge in [0.2, 0.25) is 0 Å². The molecule has 4 heteroatoms. The number of hydrogen-bond donors (Lipinski definition) is 0. The molecule has 0 aromatic rings. The van der Waals surface area contributed by atoms with E-state index in [1.54, 1.807) is 0 Å². The third-order valence-corrected chi connectivity index (χ3v) is 9.33. The van der Waals surface area contributed by atoms with E-state index in [4.69, 9.17) is 9.16 Å². The van der Waals surface area contributed by atoms with Gasteiger partial charge in [-0.05, 0) is 54.1 Å². The zero-order valence-electron chi connectivity index (χ0n) is 15.3. The third-order valence-electron chi connectivity index (χ3n) is 4.85. The van der Waals surface area contributed by atoms with Gasteiger partial charge in [-0.25, -0.2) is 0 Å². The van der Waals surface area contributed by atoms with Crippen LogP contribution in [0.25, 0.3) is 0 Å². The van der Waals surface area contributed by atoms with Gasteiger partial charge in [-0.1, -0.05) is 34.3 Å². The SMILES string of the molecule is C=C1/C(=C/COC(C)=O)C[C@H](C)CC1O[Si](C)(C)C(C)(C)C. The van der Waals surface area contributed by atoms with Crippen molar-refractivity contribution in [3.63, 3.8) is 0 Å². The molecule has 126 valence electrons. The number of hydrogen-bond acceptors (Lipinski definition) is 3. The maximum absolute atomic E-state index is 10.9. The minimum Gasteiger partial charge on any atom is -0.462 e. The summed E-state index contributed by atoms with van der Waals surface area (Å²) < 4.78 is 11.6.